The number of fused-ring (bicyclic) bond motifs is 1. The molecule has 0 radical (unpaired) electrons. The van der Waals surface area contributed by atoms with Crippen molar-refractivity contribution in [1.82, 2.24) is 0 Å². The van der Waals surface area contributed by atoms with E-state index in [1.165, 1.54) is 0 Å². The number of hydrogen-bond acceptors (Lipinski definition) is 5. The first-order chi connectivity index (χ1) is 14.3. The molecule has 0 saturated carbocycles. The van der Waals surface area contributed by atoms with Crippen LogP contribution in [-0.2, 0) is 9.47 Å². The molecule has 29 heavy (non-hydrogen) atoms. The molecule has 6 heteroatoms. The largest absolute Gasteiger partial charge is 0.491 e. The fourth-order valence-electron chi connectivity index (χ4n) is 2.74. The first-order valence-electron chi connectivity index (χ1n) is 9.62. The Kier molecular flexibility index (Phi) is 8.10. The summed E-state index contributed by atoms with van der Waals surface area (Å²) in [6, 6.07) is 15.9. The van der Waals surface area contributed by atoms with Crippen LogP contribution in [0.15, 0.2) is 52.9 Å². The van der Waals surface area contributed by atoms with Crippen LogP contribution < -0.4 is 10.1 Å². The highest BCUT2D eigenvalue weighted by molar-refractivity contribution is 5.83. The molecule has 0 fully saturated rings. The van der Waals surface area contributed by atoms with Crippen molar-refractivity contribution in [2.45, 2.75) is 0 Å². The second-order valence-electron chi connectivity index (χ2n) is 6.32. The van der Waals surface area contributed by atoms with E-state index in [0.29, 0.717) is 26.4 Å². The smallest absolute Gasteiger partial charge is 0.138 e. The van der Waals surface area contributed by atoms with Crippen LogP contribution in [0.3, 0.4) is 0 Å². The molecule has 3 aromatic rings. The maximum atomic E-state index is 11.9. The monoisotopic (exact) mass is 399 g/mol. The Hall–Kier alpha value is -2.83. The Balaban J connectivity index is 1.49. The summed E-state index contributed by atoms with van der Waals surface area (Å²) in [7, 11) is 1.90. The van der Waals surface area contributed by atoms with Crippen LogP contribution in [0.2, 0.25) is 0 Å². The fraction of sp³-hybridized carbons (Fsp3) is 0.304. The third kappa shape index (κ3) is 6.62. The number of ether oxygens (including phenoxy) is 3. The number of halogens is 1. The van der Waals surface area contributed by atoms with Crippen molar-refractivity contribution in [3.05, 3.63) is 59.9 Å². The Labute approximate surface area is 170 Å². The van der Waals surface area contributed by atoms with Crippen molar-refractivity contribution < 1.29 is 23.0 Å². The van der Waals surface area contributed by atoms with Crippen molar-refractivity contribution >= 4 is 28.8 Å². The summed E-state index contributed by atoms with van der Waals surface area (Å²) < 4.78 is 33.8. The number of benzene rings is 2. The minimum Gasteiger partial charge on any atom is -0.491 e. The van der Waals surface area contributed by atoms with Crippen LogP contribution in [0.25, 0.3) is 23.1 Å². The summed E-state index contributed by atoms with van der Waals surface area (Å²) in [6.45, 7) is 1.31. The zero-order valence-electron chi connectivity index (χ0n) is 16.5. The third-order valence-electron chi connectivity index (χ3n) is 4.24. The molecule has 1 N–H and O–H groups in total. The van der Waals surface area contributed by atoms with Gasteiger partial charge in [0.15, 0.2) is 0 Å². The molecule has 0 bridgehead atoms. The summed E-state index contributed by atoms with van der Waals surface area (Å²) in [4.78, 5) is 0. The van der Waals surface area contributed by atoms with Crippen LogP contribution >= 0.6 is 0 Å². The standard InChI is InChI=1S/C23H26FNO4/c1-25-20-6-2-18(3-7-20)4-8-22-16-19-5-9-21(17-23(19)29-22)28-15-14-27-13-12-26-11-10-24/h2-9,16-17,25H,10-15H2,1H3. The number of furan rings is 1. The summed E-state index contributed by atoms with van der Waals surface area (Å²) >= 11 is 0. The summed E-state index contributed by atoms with van der Waals surface area (Å²) in [6.07, 6.45) is 3.97. The van der Waals surface area contributed by atoms with Crippen molar-refractivity contribution in [3.63, 3.8) is 0 Å². The average Bonchev–Trinajstić information content (AvgIpc) is 3.17. The molecule has 2 aromatic carbocycles. The predicted octanol–water partition coefficient (Wildman–Crippen LogP) is 5.03. The van der Waals surface area contributed by atoms with E-state index in [4.69, 9.17) is 18.6 Å². The van der Waals surface area contributed by atoms with E-state index < -0.39 is 6.67 Å². The van der Waals surface area contributed by atoms with Gasteiger partial charge in [0.1, 0.15) is 30.4 Å². The molecule has 1 heterocycles. The Morgan fingerprint density at radius 3 is 2.41 bits per heavy atom. The summed E-state index contributed by atoms with van der Waals surface area (Å²) in [5.41, 5.74) is 2.95. The quantitative estimate of drug-likeness (QED) is 0.433. The number of rotatable bonds is 12. The first-order valence-corrected chi connectivity index (χ1v) is 9.62. The Bertz CT molecular complexity index is 905. The number of anilines is 1. The van der Waals surface area contributed by atoms with Crippen LogP contribution in [0.1, 0.15) is 11.3 Å². The van der Waals surface area contributed by atoms with Crippen molar-refractivity contribution in [2.24, 2.45) is 0 Å². The van der Waals surface area contributed by atoms with E-state index >= 15 is 0 Å². The normalized spacial score (nSPS) is 11.4. The van der Waals surface area contributed by atoms with Crippen molar-refractivity contribution in [3.8, 4) is 5.75 Å². The van der Waals surface area contributed by atoms with E-state index in [0.717, 1.165) is 33.7 Å². The van der Waals surface area contributed by atoms with Gasteiger partial charge in [-0.1, -0.05) is 18.2 Å². The summed E-state index contributed by atoms with van der Waals surface area (Å²) in [5.74, 6) is 1.51. The second kappa shape index (κ2) is 11.2. The van der Waals surface area contributed by atoms with Crippen LogP contribution in [0.4, 0.5) is 10.1 Å². The van der Waals surface area contributed by atoms with Gasteiger partial charge in [0.25, 0.3) is 0 Å². The fourth-order valence-corrected chi connectivity index (χ4v) is 2.74. The van der Waals surface area contributed by atoms with E-state index in [9.17, 15) is 4.39 Å². The molecule has 154 valence electrons. The molecule has 0 unspecified atom stereocenters. The summed E-state index contributed by atoms with van der Waals surface area (Å²) in [5, 5.41) is 4.12. The van der Waals surface area contributed by atoms with Gasteiger partial charge in [0, 0.05) is 24.2 Å². The minimum absolute atomic E-state index is 0.114. The van der Waals surface area contributed by atoms with Gasteiger partial charge >= 0.3 is 0 Å². The molecule has 0 aliphatic carbocycles. The van der Waals surface area contributed by atoms with Crippen molar-refractivity contribution in [1.29, 1.82) is 0 Å². The topological polar surface area (TPSA) is 52.9 Å². The zero-order chi connectivity index (χ0) is 20.3. The second-order valence-corrected chi connectivity index (χ2v) is 6.32. The molecule has 1 aromatic heterocycles. The Morgan fingerprint density at radius 2 is 1.66 bits per heavy atom. The van der Waals surface area contributed by atoms with Crippen LogP contribution in [0.5, 0.6) is 5.75 Å². The van der Waals surface area contributed by atoms with E-state index in [2.05, 4.69) is 5.32 Å². The van der Waals surface area contributed by atoms with Gasteiger partial charge in [-0.15, -0.1) is 0 Å². The molecule has 3 rings (SSSR count). The van der Waals surface area contributed by atoms with Crippen LogP contribution in [-0.4, -0.2) is 46.8 Å². The molecule has 0 aliphatic rings. The van der Waals surface area contributed by atoms with E-state index in [1.807, 2.05) is 67.7 Å². The van der Waals surface area contributed by atoms with Crippen molar-refractivity contribution in [2.75, 3.05) is 52.1 Å². The van der Waals surface area contributed by atoms with Gasteiger partial charge in [-0.2, -0.15) is 0 Å². The lowest BCUT2D eigenvalue weighted by Gasteiger charge is -2.07. The number of nitrogens with one attached hydrogen (secondary N) is 1. The predicted molar refractivity (Wildman–Crippen MR) is 114 cm³/mol. The third-order valence-corrected chi connectivity index (χ3v) is 4.24. The number of alkyl halides is 1. The lowest BCUT2D eigenvalue weighted by atomic mass is 10.2. The molecule has 5 nitrogen and oxygen atoms in total. The maximum absolute atomic E-state index is 11.9. The lowest BCUT2D eigenvalue weighted by molar-refractivity contribution is 0.0325. The van der Waals surface area contributed by atoms with Crippen LogP contribution in [0, 0.1) is 0 Å². The lowest BCUT2D eigenvalue weighted by Crippen LogP contribution is -2.11. The molecular formula is C23H26FNO4. The Morgan fingerprint density at radius 1 is 0.897 bits per heavy atom. The van der Waals surface area contributed by atoms with Gasteiger partial charge < -0.3 is 23.9 Å². The van der Waals surface area contributed by atoms with Gasteiger partial charge in [0.2, 0.25) is 0 Å². The molecule has 0 spiro atoms. The average molecular weight is 399 g/mol. The van der Waals surface area contributed by atoms with Gasteiger partial charge in [0.05, 0.1) is 26.4 Å². The van der Waals surface area contributed by atoms with Gasteiger partial charge in [-0.25, -0.2) is 4.39 Å². The molecule has 0 aliphatic heterocycles. The zero-order valence-corrected chi connectivity index (χ0v) is 16.5. The van der Waals surface area contributed by atoms with E-state index in [-0.39, 0.29) is 6.61 Å². The highest BCUT2D eigenvalue weighted by atomic mass is 19.1. The maximum Gasteiger partial charge on any atom is 0.138 e. The van der Waals surface area contributed by atoms with Gasteiger partial charge in [-0.05, 0) is 42.0 Å². The van der Waals surface area contributed by atoms with Gasteiger partial charge in [-0.3, -0.25) is 0 Å². The minimum atomic E-state index is -0.473. The number of hydrogen-bond donors (Lipinski definition) is 1. The SMILES string of the molecule is CNc1ccc(C=Cc2cc3ccc(OCCOCCOCCF)cc3o2)cc1. The molecular weight excluding hydrogens is 373 g/mol. The van der Waals surface area contributed by atoms with E-state index in [1.54, 1.807) is 0 Å². The first kappa shape index (κ1) is 20.9. The highest BCUT2D eigenvalue weighted by Gasteiger charge is 2.04. The molecule has 0 saturated heterocycles. The highest BCUT2D eigenvalue weighted by Crippen LogP contribution is 2.25. The molecule has 0 atom stereocenters. The molecule has 0 amide bonds.